The summed E-state index contributed by atoms with van der Waals surface area (Å²) in [6.07, 6.45) is 2.96. The minimum atomic E-state index is -3.37. The Morgan fingerprint density at radius 3 is 2.40 bits per heavy atom. The molecule has 86 valence electrons. The number of rotatable bonds is 3. The van der Waals surface area contributed by atoms with Crippen LogP contribution in [-0.4, -0.2) is 31.1 Å². The maximum atomic E-state index is 11.8. The molecule has 1 aliphatic heterocycles. The van der Waals surface area contributed by atoms with Crippen molar-refractivity contribution in [3.05, 3.63) is 0 Å². The normalized spacial score (nSPS) is 22.2. The standard InChI is InChI=1S/C10H18N2O2S/c1-3-10-4-6-12(7-5-10)15(13,14)9(2)8-11/h9-10H,3-7H2,1-2H3. The molecule has 0 amide bonds. The van der Waals surface area contributed by atoms with E-state index in [0.717, 1.165) is 19.3 Å². The van der Waals surface area contributed by atoms with Crippen LogP contribution in [0.25, 0.3) is 0 Å². The molecule has 0 N–H and O–H groups in total. The lowest BCUT2D eigenvalue weighted by Gasteiger charge is -2.31. The van der Waals surface area contributed by atoms with Gasteiger partial charge >= 0.3 is 0 Å². The van der Waals surface area contributed by atoms with Crippen LogP contribution in [0, 0.1) is 17.2 Å². The van der Waals surface area contributed by atoms with E-state index in [-0.39, 0.29) is 0 Å². The molecule has 1 fully saturated rings. The van der Waals surface area contributed by atoms with E-state index in [2.05, 4.69) is 6.92 Å². The van der Waals surface area contributed by atoms with E-state index >= 15 is 0 Å². The van der Waals surface area contributed by atoms with Crippen LogP contribution >= 0.6 is 0 Å². The molecule has 0 radical (unpaired) electrons. The van der Waals surface area contributed by atoms with Crippen molar-refractivity contribution in [2.45, 2.75) is 38.4 Å². The predicted molar refractivity (Wildman–Crippen MR) is 58.6 cm³/mol. The van der Waals surface area contributed by atoms with Crippen molar-refractivity contribution in [1.29, 1.82) is 5.26 Å². The van der Waals surface area contributed by atoms with Crippen LogP contribution in [0.1, 0.15) is 33.1 Å². The summed E-state index contributed by atoms with van der Waals surface area (Å²) >= 11 is 0. The summed E-state index contributed by atoms with van der Waals surface area (Å²) in [7, 11) is -3.37. The van der Waals surface area contributed by atoms with Gasteiger partial charge < -0.3 is 0 Å². The fourth-order valence-electron chi connectivity index (χ4n) is 1.86. The quantitative estimate of drug-likeness (QED) is 0.735. The van der Waals surface area contributed by atoms with Gasteiger partial charge in [-0.25, -0.2) is 12.7 Å². The summed E-state index contributed by atoms with van der Waals surface area (Å²) in [5, 5.41) is 7.72. The molecule has 1 rings (SSSR count). The lowest BCUT2D eigenvalue weighted by molar-refractivity contribution is 0.268. The molecule has 0 aromatic heterocycles. The molecule has 0 bridgehead atoms. The van der Waals surface area contributed by atoms with Crippen molar-refractivity contribution in [3.63, 3.8) is 0 Å². The summed E-state index contributed by atoms with van der Waals surface area (Å²) in [4.78, 5) is 0. The second kappa shape index (κ2) is 4.95. The first-order valence-electron chi connectivity index (χ1n) is 5.41. The van der Waals surface area contributed by atoms with E-state index in [9.17, 15) is 8.42 Å². The van der Waals surface area contributed by atoms with Gasteiger partial charge in [-0.3, -0.25) is 0 Å². The zero-order valence-electron chi connectivity index (χ0n) is 9.31. The van der Waals surface area contributed by atoms with Crippen molar-refractivity contribution in [1.82, 2.24) is 4.31 Å². The summed E-state index contributed by atoms with van der Waals surface area (Å²) in [5.74, 6) is 0.647. The van der Waals surface area contributed by atoms with Crippen molar-refractivity contribution < 1.29 is 8.42 Å². The van der Waals surface area contributed by atoms with Crippen LogP contribution in [0.5, 0.6) is 0 Å². The van der Waals surface area contributed by atoms with Gasteiger partial charge in [0.1, 0.15) is 0 Å². The fourth-order valence-corrected chi connectivity index (χ4v) is 3.16. The number of nitrogens with zero attached hydrogens (tertiary/aromatic N) is 2. The third kappa shape index (κ3) is 2.70. The monoisotopic (exact) mass is 230 g/mol. The van der Waals surface area contributed by atoms with Gasteiger partial charge in [0, 0.05) is 13.1 Å². The van der Waals surface area contributed by atoms with Gasteiger partial charge in [0.2, 0.25) is 10.0 Å². The molecule has 1 saturated heterocycles. The molecule has 15 heavy (non-hydrogen) atoms. The number of hydrogen-bond acceptors (Lipinski definition) is 3. The van der Waals surface area contributed by atoms with E-state index < -0.39 is 15.3 Å². The van der Waals surface area contributed by atoms with E-state index in [1.165, 1.54) is 11.2 Å². The molecule has 1 heterocycles. The maximum Gasteiger partial charge on any atom is 0.230 e. The fraction of sp³-hybridized carbons (Fsp3) is 0.900. The molecular weight excluding hydrogens is 212 g/mol. The van der Waals surface area contributed by atoms with E-state index in [1.54, 1.807) is 6.07 Å². The Bertz CT molecular complexity index is 337. The van der Waals surface area contributed by atoms with Crippen molar-refractivity contribution in [3.8, 4) is 6.07 Å². The third-order valence-corrected chi connectivity index (χ3v) is 5.22. The molecule has 4 nitrogen and oxygen atoms in total. The lowest BCUT2D eigenvalue weighted by atomic mass is 9.96. The van der Waals surface area contributed by atoms with Crippen molar-refractivity contribution in [2.24, 2.45) is 5.92 Å². The molecule has 0 spiro atoms. The van der Waals surface area contributed by atoms with Crippen LogP contribution < -0.4 is 0 Å². The number of nitriles is 1. The van der Waals surface area contributed by atoms with E-state index in [4.69, 9.17) is 5.26 Å². The molecule has 1 unspecified atom stereocenters. The number of sulfonamides is 1. The largest absolute Gasteiger partial charge is 0.230 e. The summed E-state index contributed by atoms with van der Waals surface area (Å²) < 4.78 is 25.1. The van der Waals surface area contributed by atoms with E-state index in [1.807, 2.05) is 0 Å². The van der Waals surface area contributed by atoms with Crippen LogP contribution in [0.15, 0.2) is 0 Å². The van der Waals surface area contributed by atoms with Gasteiger partial charge in [-0.1, -0.05) is 13.3 Å². The highest BCUT2D eigenvalue weighted by Gasteiger charge is 2.31. The van der Waals surface area contributed by atoms with Gasteiger partial charge in [-0.05, 0) is 25.7 Å². The zero-order valence-corrected chi connectivity index (χ0v) is 10.1. The molecular formula is C10H18N2O2S. The van der Waals surface area contributed by atoms with Gasteiger partial charge in [0.05, 0.1) is 6.07 Å². The predicted octanol–water partition coefficient (Wildman–Crippen LogP) is 1.35. The molecule has 0 aromatic carbocycles. The average molecular weight is 230 g/mol. The van der Waals surface area contributed by atoms with Crippen LogP contribution in [0.4, 0.5) is 0 Å². The Morgan fingerprint density at radius 1 is 1.47 bits per heavy atom. The summed E-state index contributed by atoms with van der Waals surface area (Å²) in [6.45, 7) is 4.73. The lowest BCUT2D eigenvalue weighted by Crippen LogP contribution is -2.42. The molecule has 0 aliphatic carbocycles. The highest BCUT2D eigenvalue weighted by atomic mass is 32.2. The smallest absolute Gasteiger partial charge is 0.211 e. The Balaban J connectivity index is 2.65. The Morgan fingerprint density at radius 2 is 2.00 bits per heavy atom. The van der Waals surface area contributed by atoms with Gasteiger partial charge in [-0.2, -0.15) is 5.26 Å². The zero-order chi connectivity index (χ0) is 11.5. The minimum Gasteiger partial charge on any atom is -0.211 e. The molecule has 1 aliphatic rings. The number of hydrogen-bond donors (Lipinski definition) is 0. The van der Waals surface area contributed by atoms with Gasteiger partial charge in [0.25, 0.3) is 0 Å². The average Bonchev–Trinajstić information content (AvgIpc) is 2.28. The third-order valence-electron chi connectivity index (χ3n) is 3.14. The first-order chi connectivity index (χ1) is 7.02. The molecule has 5 heteroatoms. The van der Waals surface area contributed by atoms with Gasteiger partial charge in [-0.15, -0.1) is 0 Å². The Kier molecular flexibility index (Phi) is 4.12. The highest BCUT2D eigenvalue weighted by Crippen LogP contribution is 2.23. The topological polar surface area (TPSA) is 61.2 Å². The van der Waals surface area contributed by atoms with Crippen molar-refractivity contribution in [2.75, 3.05) is 13.1 Å². The first-order valence-corrected chi connectivity index (χ1v) is 6.91. The Hall–Kier alpha value is -0.600. The van der Waals surface area contributed by atoms with E-state index in [0.29, 0.717) is 19.0 Å². The summed E-state index contributed by atoms with van der Waals surface area (Å²) in [5.41, 5.74) is 0. The summed E-state index contributed by atoms with van der Waals surface area (Å²) in [6, 6.07) is 1.80. The van der Waals surface area contributed by atoms with Gasteiger partial charge in [0.15, 0.2) is 5.25 Å². The molecule has 0 aromatic rings. The second-order valence-corrected chi connectivity index (χ2v) is 6.32. The minimum absolute atomic E-state index is 0.576. The molecule has 0 saturated carbocycles. The second-order valence-electron chi connectivity index (χ2n) is 4.07. The maximum absolute atomic E-state index is 11.8. The SMILES string of the molecule is CCC1CCN(S(=O)(=O)C(C)C#N)CC1. The Labute approximate surface area is 91.9 Å². The highest BCUT2D eigenvalue weighted by molar-refractivity contribution is 7.89. The van der Waals surface area contributed by atoms with Crippen LogP contribution in [-0.2, 0) is 10.0 Å². The molecule has 1 atom stereocenters. The first kappa shape index (κ1) is 12.5. The van der Waals surface area contributed by atoms with Crippen LogP contribution in [0.2, 0.25) is 0 Å². The van der Waals surface area contributed by atoms with Crippen LogP contribution in [0.3, 0.4) is 0 Å². The van der Waals surface area contributed by atoms with Crippen molar-refractivity contribution >= 4 is 10.0 Å². The number of piperidine rings is 1.